The molecule has 0 heterocycles. The van der Waals surface area contributed by atoms with Gasteiger partial charge in [-0.2, -0.15) is 5.10 Å². The first-order chi connectivity index (χ1) is 9.66. The minimum atomic E-state index is -0.526. The number of amides is 1. The number of rotatable bonds is 4. The Hall–Kier alpha value is -2.24. The number of nitro benzene ring substituents is 1. The van der Waals surface area contributed by atoms with Crippen molar-refractivity contribution in [2.45, 2.75) is 32.1 Å². The van der Waals surface area contributed by atoms with E-state index in [1.807, 2.05) is 0 Å². The normalized spacial score (nSPS) is 16.2. The van der Waals surface area contributed by atoms with Crippen molar-refractivity contribution in [3.05, 3.63) is 39.9 Å². The largest absolute Gasteiger partial charge is 0.271 e. The summed E-state index contributed by atoms with van der Waals surface area (Å²) in [5.41, 5.74) is 2.55. The van der Waals surface area contributed by atoms with E-state index < -0.39 is 10.8 Å². The van der Waals surface area contributed by atoms with E-state index >= 15 is 0 Å². The number of carbonyl (C=O) groups is 1. The molecular weight excluding hydrogens is 258 g/mol. The Balaban J connectivity index is 1.92. The number of nitrogens with zero attached hydrogens (tertiary/aromatic N) is 2. The summed E-state index contributed by atoms with van der Waals surface area (Å²) in [5.74, 6) is -0.00470. The van der Waals surface area contributed by atoms with Crippen LogP contribution in [0.3, 0.4) is 0 Å². The van der Waals surface area contributed by atoms with Crippen molar-refractivity contribution in [2.75, 3.05) is 0 Å². The lowest BCUT2D eigenvalue weighted by atomic mass is 9.90. The van der Waals surface area contributed by atoms with E-state index in [0.717, 1.165) is 12.8 Å². The molecule has 1 aromatic carbocycles. The van der Waals surface area contributed by atoms with Crippen molar-refractivity contribution in [3.8, 4) is 0 Å². The van der Waals surface area contributed by atoms with Gasteiger partial charge in [0.1, 0.15) is 0 Å². The van der Waals surface area contributed by atoms with Gasteiger partial charge in [0.05, 0.1) is 4.92 Å². The summed E-state index contributed by atoms with van der Waals surface area (Å²) in [6.45, 7) is 0. The van der Waals surface area contributed by atoms with Gasteiger partial charge in [0.2, 0.25) is 0 Å². The molecule has 1 aliphatic rings. The van der Waals surface area contributed by atoms with Crippen molar-refractivity contribution in [3.63, 3.8) is 0 Å². The lowest BCUT2D eigenvalue weighted by Gasteiger charge is -2.16. The predicted molar refractivity (Wildman–Crippen MR) is 75.6 cm³/mol. The Morgan fingerprint density at radius 2 is 2.10 bits per heavy atom. The number of carbonyl (C=O) groups excluding carboxylic acids is 1. The molecule has 0 bridgehead atoms. The van der Waals surface area contributed by atoms with Gasteiger partial charge in [-0.25, -0.2) is 5.43 Å². The Kier molecular flexibility index (Phi) is 4.81. The highest BCUT2D eigenvalue weighted by molar-refractivity contribution is 5.94. The van der Waals surface area contributed by atoms with Gasteiger partial charge in [0, 0.05) is 23.9 Å². The van der Waals surface area contributed by atoms with Gasteiger partial charge in [0.25, 0.3) is 11.6 Å². The number of non-ortho nitro benzene ring substituents is 1. The Morgan fingerprint density at radius 3 is 2.80 bits per heavy atom. The van der Waals surface area contributed by atoms with Crippen LogP contribution >= 0.6 is 0 Å². The molecule has 0 unspecified atom stereocenters. The third kappa shape index (κ3) is 3.88. The van der Waals surface area contributed by atoms with Crippen LogP contribution in [0.15, 0.2) is 29.4 Å². The fraction of sp³-hybridized carbons (Fsp3) is 0.429. The second-order valence-electron chi connectivity index (χ2n) is 4.92. The maximum absolute atomic E-state index is 11.8. The van der Waals surface area contributed by atoms with E-state index in [1.165, 1.54) is 43.5 Å². The van der Waals surface area contributed by atoms with Crippen LogP contribution in [0.2, 0.25) is 0 Å². The van der Waals surface area contributed by atoms with Gasteiger partial charge in [0.15, 0.2) is 0 Å². The smallest absolute Gasteiger partial charge is 0.267 e. The Labute approximate surface area is 117 Å². The molecule has 20 heavy (non-hydrogen) atoms. The number of hydrogen-bond acceptors (Lipinski definition) is 4. The van der Waals surface area contributed by atoms with Crippen molar-refractivity contribution < 1.29 is 9.72 Å². The summed E-state index contributed by atoms with van der Waals surface area (Å²) in [7, 11) is 0. The van der Waals surface area contributed by atoms with Crippen molar-refractivity contribution in [1.29, 1.82) is 0 Å². The first-order valence-electron chi connectivity index (χ1n) is 6.75. The quantitative estimate of drug-likeness (QED) is 0.521. The second-order valence-corrected chi connectivity index (χ2v) is 4.92. The number of hydrazone groups is 1. The molecule has 0 spiro atoms. The molecule has 0 aliphatic heterocycles. The highest BCUT2D eigenvalue weighted by atomic mass is 16.6. The summed E-state index contributed by atoms with van der Waals surface area (Å²) in [6.07, 6.45) is 7.66. The Morgan fingerprint density at radius 1 is 1.35 bits per heavy atom. The second kappa shape index (κ2) is 6.79. The van der Waals surface area contributed by atoms with Crippen LogP contribution in [0.5, 0.6) is 0 Å². The molecule has 1 N–H and O–H groups in total. The van der Waals surface area contributed by atoms with Gasteiger partial charge < -0.3 is 0 Å². The number of benzene rings is 1. The van der Waals surface area contributed by atoms with E-state index in [9.17, 15) is 14.9 Å². The van der Waals surface area contributed by atoms with Gasteiger partial charge in [-0.05, 0) is 24.8 Å². The van der Waals surface area contributed by atoms with Crippen LogP contribution in [-0.4, -0.2) is 17.0 Å². The monoisotopic (exact) mass is 275 g/mol. The first-order valence-corrected chi connectivity index (χ1v) is 6.75. The zero-order chi connectivity index (χ0) is 14.4. The zero-order valence-electron chi connectivity index (χ0n) is 11.1. The standard InChI is InChI=1S/C14H17N3O3/c18-14(12-7-4-8-13(9-12)17(19)20)16-15-10-11-5-2-1-3-6-11/h4,7-11H,1-3,5-6H2,(H,16,18)/b15-10-. The Bertz CT molecular complexity index is 522. The predicted octanol–water partition coefficient (Wildman–Crippen LogP) is 2.89. The van der Waals surface area contributed by atoms with Crippen molar-refractivity contribution in [2.24, 2.45) is 11.0 Å². The average molecular weight is 275 g/mol. The lowest BCUT2D eigenvalue weighted by Crippen LogP contribution is -2.19. The minimum absolute atomic E-state index is 0.103. The van der Waals surface area contributed by atoms with Crippen LogP contribution in [0, 0.1) is 16.0 Å². The van der Waals surface area contributed by atoms with E-state index in [1.54, 1.807) is 6.21 Å². The highest BCUT2D eigenvalue weighted by Gasteiger charge is 2.12. The third-order valence-electron chi connectivity index (χ3n) is 3.42. The number of nitrogens with one attached hydrogen (secondary N) is 1. The van der Waals surface area contributed by atoms with E-state index in [4.69, 9.17) is 0 Å². The van der Waals surface area contributed by atoms with Crippen molar-refractivity contribution >= 4 is 17.8 Å². The molecule has 0 aromatic heterocycles. The molecule has 1 saturated carbocycles. The van der Waals surface area contributed by atoms with E-state index in [2.05, 4.69) is 10.5 Å². The zero-order valence-corrected chi connectivity index (χ0v) is 11.1. The molecule has 1 aliphatic carbocycles. The summed E-state index contributed by atoms with van der Waals surface area (Å²) in [5, 5.41) is 14.6. The van der Waals surface area contributed by atoms with Crippen LogP contribution < -0.4 is 5.43 Å². The van der Waals surface area contributed by atoms with Crippen molar-refractivity contribution in [1.82, 2.24) is 5.43 Å². The van der Waals surface area contributed by atoms with Crippen LogP contribution in [0.4, 0.5) is 5.69 Å². The van der Waals surface area contributed by atoms with Crippen LogP contribution in [0.25, 0.3) is 0 Å². The first kappa shape index (κ1) is 14.2. The highest BCUT2D eigenvalue weighted by Crippen LogP contribution is 2.21. The SMILES string of the molecule is O=C(N/N=C\C1CCCCC1)c1cccc([N+](=O)[O-])c1. The molecule has 0 radical (unpaired) electrons. The molecule has 1 aromatic rings. The molecule has 1 amide bonds. The summed E-state index contributed by atoms with van der Waals surface area (Å²) in [4.78, 5) is 21.9. The minimum Gasteiger partial charge on any atom is -0.267 e. The molecule has 0 saturated heterocycles. The summed E-state index contributed by atoms with van der Waals surface area (Å²) >= 11 is 0. The maximum Gasteiger partial charge on any atom is 0.271 e. The van der Waals surface area contributed by atoms with Crippen LogP contribution in [-0.2, 0) is 0 Å². The molecular formula is C14H17N3O3. The molecule has 2 rings (SSSR count). The van der Waals surface area contributed by atoms with E-state index in [0.29, 0.717) is 5.92 Å². The van der Waals surface area contributed by atoms with Gasteiger partial charge in [-0.3, -0.25) is 14.9 Å². The van der Waals surface area contributed by atoms with E-state index in [-0.39, 0.29) is 11.3 Å². The molecule has 1 fully saturated rings. The molecule has 0 atom stereocenters. The third-order valence-corrected chi connectivity index (χ3v) is 3.42. The fourth-order valence-electron chi connectivity index (χ4n) is 2.31. The topological polar surface area (TPSA) is 84.6 Å². The molecule has 6 nitrogen and oxygen atoms in total. The number of hydrogen-bond donors (Lipinski definition) is 1. The fourth-order valence-corrected chi connectivity index (χ4v) is 2.31. The van der Waals surface area contributed by atoms with Gasteiger partial charge in [-0.1, -0.05) is 25.3 Å². The molecule has 6 heteroatoms. The average Bonchev–Trinajstić information content (AvgIpc) is 2.48. The number of nitro groups is 1. The summed E-state index contributed by atoms with van der Waals surface area (Å²) < 4.78 is 0. The van der Waals surface area contributed by atoms with Crippen LogP contribution in [0.1, 0.15) is 42.5 Å². The summed E-state index contributed by atoms with van der Waals surface area (Å²) in [6, 6.07) is 5.60. The van der Waals surface area contributed by atoms with Gasteiger partial charge in [-0.15, -0.1) is 0 Å². The maximum atomic E-state index is 11.8. The van der Waals surface area contributed by atoms with Gasteiger partial charge >= 0.3 is 0 Å². The lowest BCUT2D eigenvalue weighted by molar-refractivity contribution is -0.384. The molecule has 106 valence electrons.